The molecule has 0 amide bonds. The maximum Gasteiger partial charge on any atom is 0.228 e. The molecule has 0 radical (unpaired) electrons. The van der Waals surface area contributed by atoms with Crippen molar-refractivity contribution in [3.63, 3.8) is 0 Å². The third-order valence-corrected chi connectivity index (χ3v) is 6.45. The lowest BCUT2D eigenvalue weighted by Gasteiger charge is -2.23. The molecule has 2 aromatic heterocycles. The van der Waals surface area contributed by atoms with Gasteiger partial charge in [-0.25, -0.2) is 19.3 Å². The van der Waals surface area contributed by atoms with Crippen LogP contribution in [-0.2, 0) is 0 Å². The van der Waals surface area contributed by atoms with Gasteiger partial charge in [-0.15, -0.1) is 0 Å². The monoisotopic (exact) mass is 502 g/mol. The standard InChI is InChI=1S/C28H31FN6O2/c1-18-9-10-21-22(6-2-8-24(21)33-17-20(36)15-29)26(18)37-27-23(7-4-13-31-27)25-11-14-32-28(35-25)34-19-5-3-12-30-16-19/h2,4,6-11,13-14,19-20,30,33,36H,3,5,12,15-17H2,1H3,(H,32,34,35)/t19-,20+/m0/s1. The number of rotatable bonds is 9. The number of fused-ring (bicyclic) bond motifs is 1. The lowest BCUT2D eigenvalue weighted by atomic mass is 10.0. The van der Waals surface area contributed by atoms with E-state index in [-0.39, 0.29) is 6.54 Å². The summed E-state index contributed by atoms with van der Waals surface area (Å²) in [7, 11) is 0. The number of aliphatic hydroxyl groups is 1. The van der Waals surface area contributed by atoms with Gasteiger partial charge in [-0.2, -0.15) is 0 Å². The van der Waals surface area contributed by atoms with Crippen LogP contribution in [0.5, 0.6) is 11.6 Å². The van der Waals surface area contributed by atoms with E-state index < -0.39 is 12.8 Å². The van der Waals surface area contributed by atoms with E-state index in [4.69, 9.17) is 9.72 Å². The molecule has 9 heteroatoms. The topological polar surface area (TPSA) is 104 Å². The van der Waals surface area contributed by atoms with Crippen LogP contribution in [-0.4, -0.2) is 58.5 Å². The number of aryl methyl sites for hydroxylation is 1. The van der Waals surface area contributed by atoms with Crippen molar-refractivity contribution >= 4 is 22.4 Å². The first-order valence-electron chi connectivity index (χ1n) is 12.6. The van der Waals surface area contributed by atoms with Gasteiger partial charge in [-0.3, -0.25) is 0 Å². The molecule has 0 saturated carbocycles. The Morgan fingerprint density at radius 2 is 2.03 bits per heavy atom. The van der Waals surface area contributed by atoms with Crippen molar-refractivity contribution in [3.05, 3.63) is 66.5 Å². The van der Waals surface area contributed by atoms with Crippen LogP contribution < -0.4 is 20.7 Å². The number of piperidine rings is 1. The Bertz CT molecular complexity index is 1360. The number of hydrogen-bond donors (Lipinski definition) is 4. The number of alkyl halides is 1. The molecule has 1 aliphatic rings. The molecule has 1 saturated heterocycles. The summed E-state index contributed by atoms with van der Waals surface area (Å²) in [6.07, 6.45) is 4.57. The summed E-state index contributed by atoms with van der Waals surface area (Å²) < 4.78 is 19.2. The van der Waals surface area contributed by atoms with Gasteiger partial charge in [0.05, 0.1) is 17.4 Å². The minimum Gasteiger partial charge on any atom is -0.437 e. The fourth-order valence-corrected chi connectivity index (χ4v) is 4.51. The maximum absolute atomic E-state index is 12.8. The van der Waals surface area contributed by atoms with E-state index in [2.05, 4.69) is 25.9 Å². The van der Waals surface area contributed by atoms with Gasteiger partial charge in [-0.05, 0) is 56.1 Å². The maximum atomic E-state index is 12.8. The van der Waals surface area contributed by atoms with Gasteiger partial charge in [0, 0.05) is 48.0 Å². The predicted molar refractivity (Wildman–Crippen MR) is 144 cm³/mol. The summed E-state index contributed by atoms with van der Waals surface area (Å²) >= 11 is 0. The van der Waals surface area contributed by atoms with Crippen molar-refractivity contribution in [1.29, 1.82) is 0 Å². The normalized spacial score (nSPS) is 16.4. The fourth-order valence-electron chi connectivity index (χ4n) is 4.51. The van der Waals surface area contributed by atoms with Crippen molar-refractivity contribution in [1.82, 2.24) is 20.3 Å². The zero-order valence-corrected chi connectivity index (χ0v) is 20.7. The van der Waals surface area contributed by atoms with Gasteiger partial charge >= 0.3 is 0 Å². The smallest absolute Gasteiger partial charge is 0.228 e. The molecule has 0 bridgehead atoms. The summed E-state index contributed by atoms with van der Waals surface area (Å²) in [6.45, 7) is 3.23. The highest BCUT2D eigenvalue weighted by Crippen LogP contribution is 2.38. The molecule has 8 nitrogen and oxygen atoms in total. The highest BCUT2D eigenvalue weighted by atomic mass is 19.1. The molecule has 192 valence electrons. The van der Waals surface area contributed by atoms with E-state index >= 15 is 0 Å². The second kappa shape index (κ2) is 11.5. The van der Waals surface area contributed by atoms with Crippen LogP contribution in [0.25, 0.3) is 22.0 Å². The highest BCUT2D eigenvalue weighted by molar-refractivity contribution is 5.98. The second-order valence-corrected chi connectivity index (χ2v) is 9.21. The van der Waals surface area contributed by atoms with Crippen molar-refractivity contribution in [2.24, 2.45) is 0 Å². The fraction of sp³-hybridized carbons (Fsp3) is 0.321. The Labute approximate surface area is 215 Å². The number of nitrogens with one attached hydrogen (secondary N) is 3. The Morgan fingerprint density at radius 3 is 2.86 bits per heavy atom. The van der Waals surface area contributed by atoms with E-state index in [0.717, 1.165) is 53.5 Å². The molecule has 0 aliphatic carbocycles. The molecule has 5 rings (SSSR count). The molecule has 1 aliphatic heterocycles. The molecular formula is C28H31FN6O2. The van der Waals surface area contributed by atoms with Crippen molar-refractivity contribution in [3.8, 4) is 22.9 Å². The quantitative estimate of drug-likeness (QED) is 0.261. The van der Waals surface area contributed by atoms with Crippen molar-refractivity contribution < 1.29 is 14.2 Å². The van der Waals surface area contributed by atoms with Crippen LogP contribution in [0, 0.1) is 6.92 Å². The van der Waals surface area contributed by atoms with E-state index in [1.807, 2.05) is 55.5 Å². The van der Waals surface area contributed by atoms with Crippen LogP contribution in [0.3, 0.4) is 0 Å². The van der Waals surface area contributed by atoms with Gasteiger partial charge in [0.2, 0.25) is 11.8 Å². The number of ether oxygens (including phenoxy) is 1. The SMILES string of the molecule is Cc1ccc2c(NC[C@H](O)CF)cccc2c1Oc1ncccc1-c1ccnc(N[C@H]2CCCNC2)n1. The summed E-state index contributed by atoms with van der Waals surface area (Å²) in [6, 6.07) is 15.7. The minimum atomic E-state index is -1.06. The number of aliphatic hydroxyl groups excluding tert-OH is 1. The molecule has 4 N–H and O–H groups in total. The van der Waals surface area contributed by atoms with Crippen molar-refractivity contribution in [2.75, 3.05) is 36.9 Å². The third kappa shape index (κ3) is 5.79. The Morgan fingerprint density at radius 1 is 1.11 bits per heavy atom. The Kier molecular flexibility index (Phi) is 7.72. The number of nitrogens with zero attached hydrogens (tertiary/aromatic N) is 3. The predicted octanol–water partition coefficient (Wildman–Crippen LogP) is 4.70. The average molecular weight is 503 g/mol. The van der Waals surface area contributed by atoms with Crippen LogP contribution in [0.15, 0.2) is 60.9 Å². The third-order valence-electron chi connectivity index (χ3n) is 6.45. The lowest BCUT2D eigenvalue weighted by Crippen LogP contribution is -2.38. The van der Waals surface area contributed by atoms with E-state index in [1.54, 1.807) is 12.4 Å². The average Bonchev–Trinajstić information content (AvgIpc) is 2.94. The van der Waals surface area contributed by atoms with Gasteiger partial charge in [-0.1, -0.05) is 24.3 Å². The molecule has 2 aromatic carbocycles. The molecule has 0 spiro atoms. The number of benzene rings is 2. The summed E-state index contributed by atoms with van der Waals surface area (Å²) in [5.74, 6) is 1.69. The number of hydrogen-bond acceptors (Lipinski definition) is 8. The number of halogens is 1. The van der Waals surface area contributed by atoms with Crippen LogP contribution in [0.1, 0.15) is 18.4 Å². The van der Waals surface area contributed by atoms with Crippen LogP contribution in [0.4, 0.5) is 16.0 Å². The van der Waals surface area contributed by atoms with Gasteiger partial charge in [0.15, 0.2) is 0 Å². The molecule has 1 fully saturated rings. The van der Waals surface area contributed by atoms with E-state index in [1.165, 1.54) is 0 Å². The number of anilines is 2. The minimum absolute atomic E-state index is 0.116. The molecule has 3 heterocycles. The highest BCUT2D eigenvalue weighted by Gasteiger charge is 2.17. The first kappa shape index (κ1) is 24.9. The Balaban J connectivity index is 1.45. The zero-order chi connectivity index (χ0) is 25.6. The molecular weight excluding hydrogens is 471 g/mol. The first-order chi connectivity index (χ1) is 18.1. The van der Waals surface area contributed by atoms with Crippen molar-refractivity contribution in [2.45, 2.75) is 31.9 Å². The number of pyridine rings is 1. The van der Waals surface area contributed by atoms with Crippen LogP contribution in [0.2, 0.25) is 0 Å². The van der Waals surface area contributed by atoms with E-state index in [9.17, 15) is 9.50 Å². The second-order valence-electron chi connectivity index (χ2n) is 9.21. The molecule has 4 aromatic rings. The first-order valence-corrected chi connectivity index (χ1v) is 12.6. The lowest BCUT2D eigenvalue weighted by molar-refractivity contribution is 0.151. The molecule has 37 heavy (non-hydrogen) atoms. The summed E-state index contributed by atoms with van der Waals surface area (Å²) in [5.41, 5.74) is 3.20. The molecule has 0 unspecified atom stereocenters. The van der Waals surface area contributed by atoms with Crippen LogP contribution >= 0.6 is 0 Å². The zero-order valence-electron chi connectivity index (χ0n) is 20.7. The molecule has 2 atom stereocenters. The van der Waals surface area contributed by atoms with Gasteiger partial charge in [0.25, 0.3) is 0 Å². The summed E-state index contributed by atoms with van der Waals surface area (Å²) in [5, 5.41) is 21.4. The van der Waals surface area contributed by atoms with E-state index in [0.29, 0.717) is 29.3 Å². The Hall–Kier alpha value is -3.82. The summed E-state index contributed by atoms with van der Waals surface area (Å²) in [4.78, 5) is 13.7. The largest absolute Gasteiger partial charge is 0.437 e. The number of aromatic nitrogens is 3. The van der Waals surface area contributed by atoms with Gasteiger partial charge in [0.1, 0.15) is 12.4 Å². The van der Waals surface area contributed by atoms with Gasteiger partial charge < -0.3 is 25.8 Å².